The molecule has 1 amide bonds. The van der Waals surface area contributed by atoms with Crippen LogP contribution in [0.1, 0.15) is 21.5 Å². The Morgan fingerprint density at radius 1 is 1.32 bits per heavy atom. The molecule has 2 aromatic rings. The fourth-order valence-corrected chi connectivity index (χ4v) is 1.67. The molecule has 0 saturated carbocycles. The van der Waals surface area contributed by atoms with Gasteiger partial charge in [-0.1, -0.05) is 29.8 Å². The van der Waals surface area contributed by atoms with E-state index in [2.05, 4.69) is 10.3 Å². The third-order valence-electron chi connectivity index (χ3n) is 2.79. The van der Waals surface area contributed by atoms with Crippen molar-refractivity contribution in [3.8, 4) is 0 Å². The van der Waals surface area contributed by atoms with Gasteiger partial charge in [-0.2, -0.15) is 0 Å². The first-order valence-electron chi connectivity index (χ1n) is 5.91. The van der Waals surface area contributed by atoms with Crippen LogP contribution in [0.2, 0.25) is 0 Å². The van der Waals surface area contributed by atoms with Crippen molar-refractivity contribution in [3.05, 3.63) is 53.2 Å². The van der Waals surface area contributed by atoms with E-state index < -0.39 is 5.91 Å². The number of nitrogens with one attached hydrogen (secondary N) is 1. The molecular formula is C14H16N4O. The van der Waals surface area contributed by atoms with Gasteiger partial charge in [-0.3, -0.25) is 4.79 Å². The van der Waals surface area contributed by atoms with Crippen LogP contribution in [-0.2, 0) is 6.54 Å². The minimum absolute atomic E-state index is 0.279. The number of nitrogen functional groups attached to an aromatic ring is 1. The van der Waals surface area contributed by atoms with Gasteiger partial charge in [-0.15, -0.1) is 0 Å². The number of primary amides is 1. The first-order chi connectivity index (χ1) is 9.06. The predicted molar refractivity (Wildman–Crippen MR) is 75.7 cm³/mol. The highest BCUT2D eigenvalue weighted by Gasteiger charge is 2.07. The van der Waals surface area contributed by atoms with Gasteiger partial charge in [0.25, 0.3) is 5.91 Å². The maximum absolute atomic E-state index is 11.2. The minimum Gasteiger partial charge on any atom is -0.397 e. The van der Waals surface area contributed by atoms with E-state index >= 15 is 0 Å². The summed E-state index contributed by atoms with van der Waals surface area (Å²) in [5, 5.41) is 3.13. The molecule has 1 aromatic carbocycles. The van der Waals surface area contributed by atoms with Gasteiger partial charge in [0, 0.05) is 6.54 Å². The zero-order chi connectivity index (χ0) is 13.8. The number of rotatable bonds is 4. The third kappa shape index (κ3) is 3.22. The summed E-state index contributed by atoms with van der Waals surface area (Å²) in [5.41, 5.74) is 13.8. The average Bonchev–Trinajstić information content (AvgIpc) is 2.39. The molecule has 5 N–H and O–H groups in total. The number of benzene rings is 1. The SMILES string of the molecule is Cc1ccc(CNc2cc(C(N)=O)c(N)cn2)cc1. The Kier molecular flexibility index (Phi) is 3.66. The number of nitrogens with zero attached hydrogens (tertiary/aromatic N) is 1. The predicted octanol–water partition coefficient (Wildman–Crippen LogP) is 1.68. The van der Waals surface area contributed by atoms with Crippen molar-refractivity contribution in [2.75, 3.05) is 11.1 Å². The number of hydrogen-bond acceptors (Lipinski definition) is 4. The monoisotopic (exact) mass is 256 g/mol. The smallest absolute Gasteiger partial charge is 0.250 e. The summed E-state index contributed by atoms with van der Waals surface area (Å²) >= 11 is 0. The van der Waals surface area contributed by atoms with Crippen molar-refractivity contribution in [1.29, 1.82) is 0 Å². The highest BCUT2D eigenvalue weighted by molar-refractivity contribution is 5.98. The summed E-state index contributed by atoms with van der Waals surface area (Å²) < 4.78 is 0. The number of carbonyl (C=O) groups excluding carboxylic acids is 1. The Hall–Kier alpha value is -2.56. The number of anilines is 2. The molecular weight excluding hydrogens is 240 g/mol. The second-order valence-electron chi connectivity index (χ2n) is 4.36. The highest BCUT2D eigenvalue weighted by Crippen LogP contribution is 2.15. The summed E-state index contributed by atoms with van der Waals surface area (Å²) in [7, 11) is 0. The molecule has 98 valence electrons. The lowest BCUT2D eigenvalue weighted by atomic mass is 10.1. The molecule has 19 heavy (non-hydrogen) atoms. The van der Waals surface area contributed by atoms with Gasteiger partial charge in [0.15, 0.2) is 0 Å². The van der Waals surface area contributed by atoms with Crippen molar-refractivity contribution in [2.24, 2.45) is 5.73 Å². The molecule has 5 heteroatoms. The summed E-state index contributed by atoms with van der Waals surface area (Å²) in [6.07, 6.45) is 1.43. The molecule has 0 aliphatic carbocycles. The zero-order valence-corrected chi connectivity index (χ0v) is 10.7. The van der Waals surface area contributed by atoms with Gasteiger partial charge in [-0.05, 0) is 18.6 Å². The van der Waals surface area contributed by atoms with Gasteiger partial charge < -0.3 is 16.8 Å². The quantitative estimate of drug-likeness (QED) is 0.775. The lowest BCUT2D eigenvalue weighted by Crippen LogP contribution is -2.14. The highest BCUT2D eigenvalue weighted by atomic mass is 16.1. The molecule has 0 atom stereocenters. The van der Waals surface area contributed by atoms with E-state index in [-0.39, 0.29) is 11.3 Å². The first kappa shape index (κ1) is 12.9. The Bertz CT molecular complexity index is 593. The van der Waals surface area contributed by atoms with Crippen LogP contribution >= 0.6 is 0 Å². The van der Waals surface area contributed by atoms with Crippen LogP contribution in [0.4, 0.5) is 11.5 Å². The lowest BCUT2D eigenvalue weighted by Gasteiger charge is -2.08. The molecule has 1 heterocycles. The van der Waals surface area contributed by atoms with E-state index in [4.69, 9.17) is 11.5 Å². The summed E-state index contributed by atoms with van der Waals surface area (Å²) in [5.74, 6) is 0.0156. The molecule has 2 rings (SSSR count). The van der Waals surface area contributed by atoms with Gasteiger partial charge in [0.2, 0.25) is 0 Å². The fourth-order valence-electron chi connectivity index (χ4n) is 1.67. The average molecular weight is 256 g/mol. The molecule has 0 saturated heterocycles. The second-order valence-corrected chi connectivity index (χ2v) is 4.36. The van der Waals surface area contributed by atoms with Crippen LogP contribution in [-0.4, -0.2) is 10.9 Å². The van der Waals surface area contributed by atoms with Crippen LogP contribution in [0.25, 0.3) is 0 Å². The van der Waals surface area contributed by atoms with E-state index in [0.717, 1.165) is 5.56 Å². The van der Waals surface area contributed by atoms with Crippen LogP contribution in [0.5, 0.6) is 0 Å². The number of amides is 1. The minimum atomic E-state index is -0.557. The van der Waals surface area contributed by atoms with E-state index in [1.807, 2.05) is 31.2 Å². The summed E-state index contributed by atoms with van der Waals surface area (Å²) in [6, 6.07) is 9.72. The normalized spacial score (nSPS) is 10.2. The van der Waals surface area contributed by atoms with Crippen LogP contribution in [0.15, 0.2) is 36.5 Å². The Morgan fingerprint density at radius 3 is 2.63 bits per heavy atom. The van der Waals surface area contributed by atoms with Gasteiger partial charge in [-0.25, -0.2) is 4.98 Å². The zero-order valence-electron chi connectivity index (χ0n) is 10.7. The summed E-state index contributed by atoms with van der Waals surface area (Å²) in [6.45, 7) is 2.66. The topological polar surface area (TPSA) is 94.0 Å². The number of pyridine rings is 1. The Morgan fingerprint density at radius 2 is 2.00 bits per heavy atom. The van der Waals surface area contributed by atoms with E-state index in [1.165, 1.54) is 11.8 Å². The van der Waals surface area contributed by atoms with Crippen molar-refractivity contribution >= 4 is 17.4 Å². The number of aryl methyl sites for hydroxylation is 1. The Balaban J connectivity index is 2.09. The van der Waals surface area contributed by atoms with Crippen molar-refractivity contribution in [2.45, 2.75) is 13.5 Å². The maximum atomic E-state index is 11.2. The van der Waals surface area contributed by atoms with Crippen LogP contribution < -0.4 is 16.8 Å². The van der Waals surface area contributed by atoms with E-state index in [0.29, 0.717) is 12.4 Å². The number of hydrogen-bond donors (Lipinski definition) is 3. The first-order valence-corrected chi connectivity index (χ1v) is 5.91. The number of nitrogens with two attached hydrogens (primary N) is 2. The molecule has 0 fully saturated rings. The molecule has 0 spiro atoms. The lowest BCUT2D eigenvalue weighted by molar-refractivity contribution is 0.100. The van der Waals surface area contributed by atoms with Gasteiger partial charge in [0.05, 0.1) is 17.4 Å². The van der Waals surface area contributed by atoms with Crippen molar-refractivity contribution in [1.82, 2.24) is 4.98 Å². The fraction of sp³-hybridized carbons (Fsp3) is 0.143. The van der Waals surface area contributed by atoms with Gasteiger partial charge >= 0.3 is 0 Å². The van der Waals surface area contributed by atoms with Crippen LogP contribution in [0.3, 0.4) is 0 Å². The molecule has 0 radical (unpaired) electrons. The van der Waals surface area contributed by atoms with Crippen LogP contribution in [0, 0.1) is 6.92 Å². The van der Waals surface area contributed by atoms with E-state index in [1.54, 1.807) is 6.07 Å². The largest absolute Gasteiger partial charge is 0.397 e. The summed E-state index contributed by atoms with van der Waals surface area (Å²) in [4.78, 5) is 15.3. The molecule has 0 unspecified atom stereocenters. The molecule has 0 aliphatic heterocycles. The molecule has 0 aliphatic rings. The molecule has 1 aromatic heterocycles. The second kappa shape index (κ2) is 5.39. The standard InChI is InChI=1S/C14H16N4O/c1-9-2-4-10(5-3-9)7-17-13-6-11(14(16)19)12(15)8-18-13/h2-6,8H,7,15H2,1H3,(H2,16,19)(H,17,18). The number of aromatic nitrogens is 1. The van der Waals surface area contributed by atoms with Crippen molar-refractivity contribution < 1.29 is 4.79 Å². The molecule has 0 bridgehead atoms. The van der Waals surface area contributed by atoms with E-state index in [9.17, 15) is 4.79 Å². The van der Waals surface area contributed by atoms with Gasteiger partial charge in [0.1, 0.15) is 5.82 Å². The third-order valence-corrected chi connectivity index (χ3v) is 2.79. The Labute approximate surface area is 111 Å². The molecule has 5 nitrogen and oxygen atoms in total. The van der Waals surface area contributed by atoms with Crippen molar-refractivity contribution in [3.63, 3.8) is 0 Å². The maximum Gasteiger partial charge on any atom is 0.250 e. The number of carbonyl (C=O) groups is 1.